The highest BCUT2D eigenvalue weighted by molar-refractivity contribution is 5.52. The van der Waals surface area contributed by atoms with Gasteiger partial charge in [-0.2, -0.15) is 0 Å². The van der Waals surface area contributed by atoms with Gasteiger partial charge in [0, 0.05) is 20.8 Å². The molecule has 0 radical (unpaired) electrons. The molecule has 0 aliphatic rings. The first-order valence-electron chi connectivity index (χ1n) is 5.50. The molecular weight excluding hydrogens is 186 g/mol. The molecule has 0 unspecified atom stereocenters. The molecule has 0 aliphatic heterocycles. The predicted molar refractivity (Wildman–Crippen MR) is 69.3 cm³/mol. The molecular formula is C13H25NO. The van der Waals surface area contributed by atoms with Crippen molar-refractivity contribution in [2.45, 2.75) is 33.6 Å². The van der Waals surface area contributed by atoms with Crippen LogP contribution in [0.25, 0.3) is 0 Å². The predicted octanol–water partition coefficient (Wildman–Crippen LogP) is 3.43. The fourth-order valence-electron chi connectivity index (χ4n) is 1.25. The highest BCUT2D eigenvalue weighted by atomic mass is 16.5. The van der Waals surface area contributed by atoms with Crippen LogP contribution in [-0.2, 0) is 11.2 Å². The van der Waals surface area contributed by atoms with E-state index in [1.54, 1.807) is 7.11 Å². The van der Waals surface area contributed by atoms with Gasteiger partial charge < -0.3 is 10.5 Å². The van der Waals surface area contributed by atoms with Crippen LogP contribution in [0.5, 0.6) is 0 Å². The van der Waals surface area contributed by atoms with Gasteiger partial charge in [-0.15, -0.1) is 0 Å². The Hall–Kier alpha value is -1.02. The van der Waals surface area contributed by atoms with Crippen LogP contribution in [0.3, 0.4) is 0 Å². The summed E-state index contributed by atoms with van der Waals surface area (Å²) in [6.07, 6.45) is 2.14. The summed E-state index contributed by atoms with van der Waals surface area (Å²) in [5.41, 5.74) is 9.17. The summed E-state index contributed by atoms with van der Waals surface area (Å²) in [5, 5.41) is 0. The van der Waals surface area contributed by atoms with E-state index < -0.39 is 0 Å². The van der Waals surface area contributed by atoms with Crippen LogP contribution >= 0.6 is 0 Å². The molecule has 0 atom stereocenters. The molecule has 0 saturated carbocycles. The van der Waals surface area contributed by atoms with Crippen LogP contribution in [0.4, 0.5) is 5.69 Å². The fourth-order valence-corrected chi connectivity index (χ4v) is 1.25. The highest BCUT2D eigenvalue weighted by Crippen LogP contribution is 2.15. The second-order valence-corrected chi connectivity index (χ2v) is 3.49. The fraction of sp³-hybridized carbons (Fsp3) is 0.538. The molecule has 0 amide bonds. The zero-order valence-corrected chi connectivity index (χ0v) is 10.3. The van der Waals surface area contributed by atoms with Crippen molar-refractivity contribution in [2.75, 3.05) is 19.5 Å². The molecule has 1 aromatic carbocycles. The number of aryl methyl sites for hydroxylation is 2. The Bertz CT molecular complexity index is 275. The molecule has 0 aliphatic carbocycles. The van der Waals surface area contributed by atoms with Crippen molar-refractivity contribution in [3.05, 3.63) is 29.3 Å². The number of rotatable bonds is 3. The van der Waals surface area contributed by atoms with E-state index in [1.165, 1.54) is 11.1 Å². The lowest BCUT2D eigenvalue weighted by atomic mass is 10.1. The van der Waals surface area contributed by atoms with Crippen LogP contribution in [0.15, 0.2) is 18.2 Å². The van der Waals surface area contributed by atoms with E-state index in [9.17, 15) is 0 Å². The van der Waals surface area contributed by atoms with Gasteiger partial charge in [0.25, 0.3) is 0 Å². The minimum atomic E-state index is 0. The number of benzene rings is 1. The van der Waals surface area contributed by atoms with Gasteiger partial charge in [0.15, 0.2) is 0 Å². The van der Waals surface area contributed by atoms with Crippen LogP contribution in [-0.4, -0.2) is 13.7 Å². The average molecular weight is 211 g/mol. The molecule has 0 saturated heterocycles. The van der Waals surface area contributed by atoms with Crippen LogP contribution in [0.2, 0.25) is 0 Å². The standard InChI is InChI=1S/C9H13N.C4H10O.H2/c1-3-8-6-4-5-7(2)9(8)10;1-3-4-5-2;/h4-6H,3,10H2,1-2H3;3-4H2,1-2H3;1H. The minimum Gasteiger partial charge on any atom is -0.398 e. The van der Waals surface area contributed by atoms with Gasteiger partial charge in [0.2, 0.25) is 0 Å². The van der Waals surface area contributed by atoms with Gasteiger partial charge in [0.05, 0.1) is 0 Å². The number of hydrogen-bond acceptors (Lipinski definition) is 2. The second-order valence-electron chi connectivity index (χ2n) is 3.49. The molecule has 0 fully saturated rings. The molecule has 1 aromatic rings. The first-order valence-corrected chi connectivity index (χ1v) is 5.50. The number of hydrogen-bond donors (Lipinski definition) is 1. The number of methoxy groups -OCH3 is 1. The number of anilines is 1. The summed E-state index contributed by atoms with van der Waals surface area (Å²) >= 11 is 0. The third-order valence-corrected chi connectivity index (χ3v) is 2.20. The van der Waals surface area contributed by atoms with Crippen molar-refractivity contribution in [1.82, 2.24) is 0 Å². The van der Waals surface area contributed by atoms with Crippen molar-refractivity contribution >= 4 is 5.69 Å². The third kappa shape index (κ3) is 5.43. The Kier molecular flexibility index (Phi) is 7.74. The van der Waals surface area contributed by atoms with Gasteiger partial charge in [0.1, 0.15) is 0 Å². The SMILES string of the molecule is CCCOC.CCc1cccc(C)c1N.[HH]. The van der Waals surface area contributed by atoms with E-state index in [2.05, 4.69) is 19.9 Å². The molecule has 0 aromatic heterocycles. The first-order chi connectivity index (χ1) is 7.17. The minimum absolute atomic E-state index is 0. The monoisotopic (exact) mass is 211 g/mol. The Morgan fingerprint density at radius 1 is 1.33 bits per heavy atom. The largest absolute Gasteiger partial charge is 0.398 e. The van der Waals surface area contributed by atoms with Crippen molar-refractivity contribution in [3.8, 4) is 0 Å². The Balaban J connectivity index is 0. The van der Waals surface area contributed by atoms with Crippen molar-refractivity contribution in [1.29, 1.82) is 0 Å². The molecule has 2 nitrogen and oxygen atoms in total. The Labute approximate surface area is 94.9 Å². The van der Waals surface area contributed by atoms with E-state index in [0.717, 1.165) is 25.1 Å². The van der Waals surface area contributed by atoms with Crippen molar-refractivity contribution < 1.29 is 6.16 Å². The molecule has 0 spiro atoms. The lowest BCUT2D eigenvalue weighted by Crippen LogP contribution is -1.94. The van der Waals surface area contributed by atoms with E-state index in [-0.39, 0.29) is 1.43 Å². The van der Waals surface area contributed by atoms with Gasteiger partial charge in [-0.3, -0.25) is 0 Å². The van der Waals surface area contributed by atoms with Crippen molar-refractivity contribution in [2.24, 2.45) is 0 Å². The number of para-hydroxylation sites is 1. The van der Waals surface area contributed by atoms with Gasteiger partial charge >= 0.3 is 0 Å². The maximum absolute atomic E-state index is 5.79. The third-order valence-electron chi connectivity index (χ3n) is 2.20. The summed E-state index contributed by atoms with van der Waals surface area (Å²) in [6, 6.07) is 6.15. The summed E-state index contributed by atoms with van der Waals surface area (Å²) in [7, 11) is 1.71. The molecule has 2 heteroatoms. The van der Waals surface area contributed by atoms with E-state index >= 15 is 0 Å². The van der Waals surface area contributed by atoms with Crippen LogP contribution in [0, 0.1) is 6.92 Å². The summed E-state index contributed by atoms with van der Waals surface area (Å²) in [4.78, 5) is 0. The van der Waals surface area contributed by atoms with E-state index in [1.807, 2.05) is 19.1 Å². The normalized spacial score (nSPS) is 9.33. The average Bonchev–Trinajstić information content (AvgIpc) is 2.24. The van der Waals surface area contributed by atoms with Gasteiger partial charge in [-0.05, 0) is 30.9 Å². The molecule has 0 heterocycles. The maximum atomic E-state index is 5.79. The van der Waals surface area contributed by atoms with Gasteiger partial charge in [-0.1, -0.05) is 32.0 Å². The maximum Gasteiger partial charge on any atom is 0.0459 e. The molecule has 15 heavy (non-hydrogen) atoms. The molecule has 88 valence electrons. The van der Waals surface area contributed by atoms with Gasteiger partial charge in [-0.25, -0.2) is 0 Å². The van der Waals surface area contributed by atoms with E-state index in [4.69, 9.17) is 10.5 Å². The van der Waals surface area contributed by atoms with Crippen LogP contribution < -0.4 is 5.73 Å². The second kappa shape index (κ2) is 8.30. The summed E-state index contributed by atoms with van der Waals surface area (Å²) in [5.74, 6) is 0. The molecule has 0 bridgehead atoms. The smallest absolute Gasteiger partial charge is 0.0459 e. The number of ether oxygens (including phenoxy) is 1. The van der Waals surface area contributed by atoms with Crippen molar-refractivity contribution in [3.63, 3.8) is 0 Å². The molecule has 1 rings (SSSR count). The quantitative estimate of drug-likeness (QED) is 0.777. The Morgan fingerprint density at radius 3 is 2.33 bits per heavy atom. The lowest BCUT2D eigenvalue weighted by Gasteiger charge is -2.04. The van der Waals surface area contributed by atoms with E-state index in [0.29, 0.717) is 0 Å². The number of nitrogen functional groups attached to an aromatic ring is 1. The zero-order chi connectivity index (χ0) is 11.7. The summed E-state index contributed by atoms with van der Waals surface area (Å²) < 4.78 is 4.69. The summed E-state index contributed by atoms with van der Waals surface area (Å²) in [6.45, 7) is 7.13. The number of nitrogens with two attached hydrogens (primary N) is 1. The van der Waals surface area contributed by atoms with Crippen LogP contribution in [0.1, 0.15) is 32.8 Å². The lowest BCUT2D eigenvalue weighted by molar-refractivity contribution is 0.199. The zero-order valence-electron chi connectivity index (χ0n) is 10.3. The highest BCUT2D eigenvalue weighted by Gasteiger charge is 1.96. The first kappa shape index (κ1) is 14.0. The Morgan fingerprint density at radius 2 is 2.00 bits per heavy atom. The topological polar surface area (TPSA) is 35.2 Å². The molecule has 2 N–H and O–H groups in total.